The van der Waals surface area contributed by atoms with Gasteiger partial charge in [-0.2, -0.15) is 5.10 Å². The van der Waals surface area contributed by atoms with Gasteiger partial charge >= 0.3 is 0 Å². The first-order chi connectivity index (χ1) is 9.52. The summed E-state index contributed by atoms with van der Waals surface area (Å²) in [5, 5.41) is 8.16. The van der Waals surface area contributed by atoms with Gasteiger partial charge in [0.15, 0.2) is 0 Å². The summed E-state index contributed by atoms with van der Waals surface area (Å²) in [6.07, 6.45) is 1.13. The third-order valence-electron chi connectivity index (χ3n) is 3.39. The highest BCUT2D eigenvalue weighted by atomic mass is 79.9. The topological polar surface area (TPSA) is 29.9 Å². The van der Waals surface area contributed by atoms with Crippen LogP contribution >= 0.6 is 15.9 Å². The van der Waals surface area contributed by atoms with E-state index in [9.17, 15) is 0 Å². The average molecular weight is 336 g/mol. The van der Waals surface area contributed by atoms with Crippen molar-refractivity contribution in [1.29, 1.82) is 0 Å². The monoisotopic (exact) mass is 335 g/mol. The number of halogens is 1. The molecule has 0 aliphatic heterocycles. The largest absolute Gasteiger partial charge is 0.310 e. The highest BCUT2D eigenvalue weighted by Crippen LogP contribution is 2.26. The average Bonchev–Trinajstić information content (AvgIpc) is 2.74. The summed E-state index contributed by atoms with van der Waals surface area (Å²) in [5.41, 5.74) is 4.62. The van der Waals surface area contributed by atoms with Crippen LogP contribution < -0.4 is 5.32 Å². The Hall–Kier alpha value is -1.13. The van der Waals surface area contributed by atoms with Crippen LogP contribution in [-0.4, -0.2) is 16.3 Å². The maximum atomic E-state index is 4.61. The molecule has 3 nitrogen and oxygen atoms in total. The number of benzene rings is 1. The molecule has 108 valence electrons. The summed E-state index contributed by atoms with van der Waals surface area (Å²) in [4.78, 5) is 0. The van der Waals surface area contributed by atoms with Gasteiger partial charge in [-0.1, -0.05) is 22.9 Å². The Kier molecular flexibility index (Phi) is 5.00. The Bertz CT molecular complexity index is 589. The molecule has 2 aromatic rings. The molecule has 1 aromatic heterocycles. The second-order valence-corrected chi connectivity index (χ2v) is 6.13. The van der Waals surface area contributed by atoms with E-state index in [-0.39, 0.29) is 0 Å². The molecule has 1 atom stereocenters. The molecule has 1 aromatic carbocycles. The lowest BCUT2D eigenvalue weighted by molar-refractivity contribution is 0.566. The second kappa shape index (κ2) is 6.55. The van der Waals surface area contributed by atoms with Gasteiger partial charge in [0.2, 0.25) is 0 Å². The molecule has 0 radical (unpaired) electrons. The zero-order valence-corrected chi connectivity index (χ0v) is 14.2. The summed E-state index contributed by atoms with van der Waals surface area (Å²) in [6, 6.07) is 8.78. The molecule has 1 N–H and O–H groups in total. The molecule has 0 fully saturated rings. The molecule has 2 rings (SSSR count). The molecule has 0 amide bonds. The second-order valence-electron chi connectivity index (χ2n) is 5.22. The molecule has 0 bridgehead atoms. The number of aryl methyl sites for hydroxylation is 2. The summed E-state index contributed by atoms with van der Waals surface area (Å²) in [7, 11) is 0. The van der Waals surface area contributed by atoms with Crippen molar-refractivity contribution < 1.29 is 0 Å². The molecule has 0 saturated heterocycles. The molecule has 20 heavy (non-hydrogen) atoms. The lowest BCUT2D eigenvalue weighted by atomic mass is 10.1. The van der Waals surface area contributed by atoms with Gasteiger partial charge in [-0.15, -0.1) is 0 Å². The van der Waals surface area contributed by atoms with Crippen molar-refractivity contribution in [3.05, 3.63) is 45.7 Å². The van der Waals surface area contributed by atoms with Crippen LogP contribution in [-0.2, 0) is 0 Å². The van der Waals surface area contributed by atoms with E-state index >= 15 is 0 Å². The van der Waals surface area contributed by atoms with Crippen LogP contribution in [0.15, 0.2) is 28.7 Å². The van der Waals surface area contributed by atoms with Crippen molar-refractivity contribution in [1.82, 2.24) is 15.1 Å². The van der Waals surface area contributed by atoms with Gasteiger partial charge in [0.05, 0.1) is 11.4 Å². The van der Waals surface area contributed by atoms with E-state index in [2.05, 4.69) is 71.4 Å². The van der Waals surface area contributed by atoms with Crippen LogP contribution in [0, 0.1) is 13.8 Å². The van der Waals surface area contributed by atoms with E-state index in [0.717, 1.165) is 34.5 Å². The molecule has 0 spiro atoms. The standard InChI is InChI=1S/C16H22BrN3/c1-5-8-18-13(4)15-10-14(17)6-7-16(15)20-12(3)9-11(2)19-20/h6-7,9-10,13,18H,5,8H2,1-4H3. The Morgan fingerprint density at radius 2 is 2.05 bits per heavy atom. The molecule has 0 aliphatic rings. The van der Waals surface area contributed by atoms with E-state index in [1.807, 2.05) is 11.6 Å². The van der Waals surface area contributed by atoms with E-state index in [0.29, 0.717) is 6.04 Å². The van der Waals surface area contributed by atoms with Crippen molar-refractivity contribution in [2.24, 2.45) is 0 Å². The molecular weight excluding hydrogens is 314 g/mol. The van der Waals surface area contributed by atoms with Gasteiger partial charge in [0.1, 0.15) is 0 Å². The molecular formula is C16H22BrN3. The molecule has 0 saturated carbocycles. The number of aromatic nitrogens is 2. The molecule has 1 heterocycles. The number of hydrogen-bond acceptors (Lipinski definition) is 2. The zero-order valence-electron chi connectivity index (χ0n) is 12.6. The van der Waals surface area contributed by atoms with Gasteiger partial charge in [0, 0.05) is 16.2 Å². The van der Waals surface area contributed by atoms with E-state index in [1.54, 1.807) is 0 Å². The van der Waals surface area contributed by atoms with Crippen LogP contribution in [0.25, 0.3) is 5.69 Å². The third kappa shape index (κ3) is 3.30. The highest BCUT2D eigenvalue weighted by Gasteiger charge is 2.14. The lowest BCUT2D eigenvalue weighted by Crippen LogP contribution is -2.21. The summed E-state index contributed by atoms with van der Waals surface area (Å²) in [5.74, 6) is 0. The van der Waals surface area contributed by atoms with Crippen molar-refractivity contribution in [3.63, 3.8) is 0 Å². The van der Waals surface area contributed by atoms with Crippen LogP contribution in [0.2, 0.25) is 0 Å². The fraction of sp³-hybridized carbons (Fsp3) is 0.438. The van der Waals surface area contributed by atoms with Crippen LogP contribution in [0.4, 0.5) is 0 Å². The highest BCUT2D eigenvalue weighted by molar-refractivity contribution is 9.10. The number of nitrogens with zero attached hydrogens (tertiary/aromatic N) is 2. The minimum atomic E-state index is 0.298. The van der Waals surface area contributed by atoms with Gasteiger partial charge in [-0.25, -0.2) is 4.68 Å². The van der Waals surface area contributed by atoms with Gasteiger partial charge < -0.3 is 5.32 Å². The number of hydrogen-bond donors (Lipinski definition) is 1. The van der Waals surface area contributed by atoms with Crippen molar-refractivity contribution in [2.45, 2.75) is 40.2 Å². The first-order valence-electron chi connectivity index (χ1n) is 7.09. The number of nitrogens with one attached hydrogen (secondary N) is 1. The fourth-order valence-electron chi connectivity index (χ4n) is 2.41. The molecule has 4 heteroatoms. The SMILES string of the molecule is CCCNC(C)c1cc(Br)ccc1-n1nc(C)cc1C. The minimum absolute atomic E-state index is 0.298. The maximum absolute atomic E-state index is 4.61. The van der Waals surface area contributed by atoms with E-state index in [1.165, 1.54) is 5.56 Å². The maximum Gasteiger partial charge on any atom is 0.0697 e. The van der Waals surface area contributed by atoms with Gasteiger partial charge in [-0.3, -0.25) is 0 Å². The Balaban J connectivity index is 2.45. The van der Waals surface area contributed by atoms with Crippen LogP contribution in [0.1, 0.15) is 43.3 Å². The van der Waals surface area contributed by atoms with Crippen molar-refractivity contribution in [2.75, 3.05) is 6.54 Å². The van der Waals surface area contributed by atoms with Gasteiger partial charge in [0.25, 0.3) is 0 Å². The Labute approximate surface area is 129 Å². The quantitative estimate of drug-likeness (QED) is 0.882. The predicted molar refractivity (Wildman–Crippen MR) is 87.4 cm³/mol. The third-order valence-corrected chi connectivity index (χ3v) is 3.89. The Morgan fingerprint density at radius 1 is 1.30 bits per heavy atom. The van der Waals surface area contributed by atoms with E-state index in [4.69, 9.17) is 0 Å². The van der Waals surface area contributed by atoms with Crippen molar-refractivity contribution in [3.8, 4) is 5.69 Å². The smallest absolute Gasteiger partial charge is 0.0697 e. The lowest BCUT2D eigenvalue weighted by Gasteiger charge is -2.19. The van der Waals surface area contributed by atoms with Gasteiger partial charge in [-0.05, 0) is 63.6 Å². The van der Waals surface area contributed by atoms with Crippen molar-refractivity contribution >= 4 is 15.9 Å². The molecule has 1 unspecified atom stereocenters. The first-order valence-corrected chi connectivity index (χ1v) is 7.88. The zero-order chi connectivity index (χ0) is 14.7. The summed E-state index contributed by atoms with van der Waals surface area (Å²) < 4.78 is 3.13. The van der Waals surface area contributed by atoms with E-state index < -0.39 is 0 Å². The first kappa shape index (κ1) is 15.3. The van der Waals surface area contributed by atoms with Crippen LogP contribution in [0.5, 0.6) is 0 Å². The predicted octanol–water partition coefficient (Wildman–Crippen LogP) is 4.31. The summed E-state index contributed by atoms with van der Waals surface area (Å²) >= 11 is 3.57. The van der Waals surface area contributed by atoms with Crippen LogP contribution in [0.3, 0.4) is 0 Å². The Morgan fingerprint density at radius 3 is 2.65 bits per heavy atom. The summed E-state index contributed by atoms with van der Waals surface area (Å²) in [6.45, 7) is 9.52. The fourth-order valence-corrected chi connectivity index (χ4v) is 2.79. The normalized spacial score (nSPS) is 12.7. The molecule has 0 aliphatic carbocycles. The number of rotatable bonds is 5. The minimum Gasteiger partial charge on any atom is -0.310 e.